The molecule has 5 rings (SSSR count). The number of hydrogen-bond acceptors (Lipinski definition) is 6. The van der Waals surface area contributed by atoms with Crippen molar-refractivity contribution in [1.29, 1.82) is 0 Å². The minimum absolute atomic E-state index is 0.0208. The van der Waals surface area contributed by atoms with Gasteiger partial charge in [-0.1, -0.05) is 44.2 Å². The van der Waals surface area contributed by atoms with Crippen LogP contribution in [0, 0.1) is 5.92 Å². The number of halogens is 6. The molecule has 15 heteroatoms. The molecular weight excluding hydrogens is 604 g/mol. The molecule has 9 nitrogen and oxygen atoms in total. The lowest BCUT2D eigenvalue weighted by Crippen LogP contribution is -2.58. The number of amides is 1. The molecule has 4 aromatic rings. The van der Waals surface area contributed by atoms with E-state index in [2.05, 4.69) is 25.9 Å². The Kier molecular flexibility index (Phi) is 8.90. The summed E-state index contributed by atoms with van der Waals surface area (Å²) in [7, 11) is 0. The van der Waals surface area contributed by atoms with Crippen molar-refractivity contribution in [3.8, 4) is 5.75 Å². The quantitative estimate of drug-likeness (QED) is 0.142. The molecule has 2 N–H and O–H groups in total. The molecule has 0 saturated heterocycles. The molecule has 1 atom stereocenters. The maximum atomic E-state index is 15.2. The summed E-state index contributed by atoms with van der Waals surface area (Å²) in [6.45, 7) is 4.58. The van der Waals surface area contributed by atoms with Gasteiger partial charge in [0.15, 0.2) is 11.4 Å². The Labute approximate surface area is 254 Å². The Morgan fingerprint density at radius 3 is 2.38 bits per heavy atom. The Morgan fingerprint density at radius 1 is 1.00 bits per heavy atom. The number of carbonyl (C=O) groups excluding carboxylic acids is 1. The number of alkyl halides is 6. The Morgan fingerprint density at radius 2 is 1.73 bits per heavy atom. The van der Waals surface area contributed by atoms with E-state index in [9.17, 15) is 18.0 Å². The van der Waals surface area contributed by atoms with Gasteiger partial charge >= 0.3 is 12.4 Å². The van der Waals surface area contributed by atoms with Crippen molar-refractivity contribution in [3.63, 3.8) is 0 Å². The topological polar surface area (TPSA) is 111 Å². The molecule has 1 aliphatic heterocycles. The van der Waals surface area contributed by atoms with Crippen LogP contribution < -0.4 is 10.1 Å². The minimum Gasteiger partial charge on any atom is -0.494 e. The van der Waals surface area contributed by atoms with Gasteiger partial charge in [0, 0.05) is 24.8 Å². The number of aromatic nitrogens is 6. The van der Waals surface area contributed by atoms with Gasteiger partial charge in [-0.05, 0) is 64.9 Å². The zero-order chi connectivity index (χ0) is 32.4. The normalized spacial score (nSPS) is 17.8. The fraction of sp³-hybridized carbons (Fsp3) is 0.433. The van der Waals surface area contributed by atoms with Crippen molar-refractivity contribution >= 4 is 28.0 Å². The Balaban J connectivity index is 1.51. The molecular formula is C30H31F6N7O2. The smallest absolute Gasteiger partial charge is 0.416 e. The Bertz CT molecular complexity index is 1660. The molecule has 2 aromatic carbocycles. The lowest BCUT2D eigenvalue weighted by molar-refractivity contribution is -0.201. The number of benzene rings is 2. The maximum absolute atomic E-state index is 15.2. The fourth-order valence-electron chi connectivity index (χ4n) is 5.48. The van der Waals surface area contributed by atoms with Crippen LogP contribution in [-0.2, 0) is 16.9 Å². The summed E-state index contributed by atoms with van der Waals surface area (Å²) in [6, 6.07) is 12.3. The largest absolute Gasteiger partial charge is 0.494 e. The van der Waals surface area contributed by atoms with E-state index < -0.39 is 36.6 Å². The molecule has 45 heavy (non-hydrogen) atoms. The Hall–Kier alpha value is -4.43. The van der Waals surface area contributed by atoms with Gasteiger partial charge in [-0.25, -0.2) is 5.10 Å². The molecule has 1 aliphatic rings. The number of H-pyrrole nitrogens is 1. The van der Waals surface area contributed by atoms with E-state index in [1.54, 1.807) is 22.9 Å². The number of ether oxygens (including phenoxy) is 1. The van der Waals surface area contributed by atoms with E-state index in [0.717, 1.165) is 0 Å². The molecule has 1 amide bonds. The van der Waals surface area contributed by atoms with Crippen molar-refractivity contribution < 1.29 is 35.9 Å². The van der Waals surface area contributed by atoms with Crippen LogP contribution in [0.1, 0.15) is 63.0 Å². The first-order valence-corrected chi connectivity index (χ1v) is 14.4. The monoisotopic (exact) mass is 635 g/mol. The van der Waals surface area contributed by atoms with Gasteiger partial charge < -0.3 is 10.1 Å². The van der Waals surface area contributed by atoms with E-state index >= 15 is 13.2 Å². The predicted molar refractivity (Wildman–Crippen MR) is 153 cm³/mol. The summed E-state index contributed by atoms with van der Waals surface area (Å²) < 4.78 is 89.8. The molecule has 3 heterocycles. The SMILES string of the molecule is CC(C)Cn1nc(C2=C(c3nnn[nH]3)C(=O)N[C@@](c3ccc(OCCCCCC(F)(F)F)cc3)(C(F)(F)F)C2)c2ccccc21. The second-order valence-corrected chi connectivity index (χ2v) is 11.4. The first-order valence-electron chi connectivity index (χ1n) is 14.4. The van der Waals surface area contributed by atoms with Crippen molar-refractivity contribution in [2.75, 3.05) is 6.61 Å². The van der Waals surface area contributed by atoms with Crippen LogP contribution in [0.5, 0.6) is 5.75 Å². The second kappa shape index (κ2) is 12.5. The third-order valence-electron chi connectivity index (χ3n) is 7.57. The van der Waals surface area contributed by atoms with Gasteiger partial charge in [0.1, 0.15) is 5.75 Å². The first kappa shape index (κ1) is 32.0. The number of fused-ring (bicyclic) bond motifs is 1. The molecule has 0 unspecified atom stereocenters. The zero-order valence-corrected chi connectivity index (χ0v) is 24.5. The number of hydrogen-bond donors (Lipinski definition) is 2. The average Bonchev–Trinajstić information content (AvgIpc) is 3.62. The summed E-state index contributed by atoms with van der Waals surface area (Å²) in [6.07, 6.45) is -10.1. The molecule has 0 fully saturated rings. The van der Waals surface area contributed by atoms with E-state index in [1.165, 1.54) is 24.3 Å². The highest BCUT2D eigenvalue weighted by molar-refractivity contribution is 6.28. The van der Waals surface area contributed by atoms with Crippen LogP contribution in [-0.4, -0.2) is 55.3 Å². The van der Waals surface area contributed by atoms with Crippen molar-refractivity contribution in [2.45, 2.75) is 70.4 Å². The zero-order valence-electron chi connectivity index (χ0n) is 24.5. The maximum Gasteiger partial charge on any atom is 0.416 e. The van der Waals surface area contributed by atoms with Gasteiger partial charge in [0.2, 0.25) is 0 Å². The number of nitrogens with one attached hydrogen (secondary N) is 2. The van der Waals surface area contributed by atoms with Gasteiger partial charge in [-0.3, -0.25) is 9.48 Å². The fourth-order valence-corrected chi connectivity index (χ4v) is 5.48. The number of rotatable bonds is 11. The van der Waals surface area contributed by atoms with Gasteiger partial charge in [-0.15, -0.1) is 5.10 Å². The minimum atomic E-state index is -4.95. The van der Waals surface area contributed by atoms with E-state index in [4.69, 9.17) is 9.84 Å². The highest BCUT2D eigenvalue weighted by Gasteiger charge is 2.60. The molecule has 240 valence electrons. The first-order chi connectivity index (χ1) is 21.3. The standard InChI is InChI=1S/C30H31F6N7O2/c1-18(2)17-43-23-9-5-4-8-21(23)25(40-43)22-16-28(30(34,35)36,37-27(44)24(22)26-38-41-42-39-26)19-10-12-20(13-11-19)45-15-7-3-6-14-29(31,32)33/h4-5,8-13,18H,3,6-7,14-17H2,1-2H3,(H,37,44)(H,38,39,41,42)/t28-/m0/s1. The van der Waals surface area contributed by atoms with Crippen LogP contribution >= 0.6 is 0 Å². The van der Waals surface area contributed by atoms with Gasteiger partial charge in [0.25, 0.3) is 5.91 Å². The number of nitrogens with zero attached hydrogens (tertiary/aromatic N) is 5. The second-order valence-electron chi connectivity index (χ2n) is 11.4. The van der Waals surface area contributed by atoms with Gasteiger partial charge in [-0.2, -0.15) is 31.4 Å². The number of para-hydroxylation sites is 1. The van der Waals surface area contributed by atoms with Crippen molar-refractivity contribution in [2.24, 2.45) is 5.92 Å². The number of unbranched alkanes of at least 4 members (excludes halogenated alkanes) is 2. The summed E-state index contributed by atoms with van der Waals surface area (Å²) in [5, 5.41) is 20.9. The summed E-state index contributed by atoms with van der Waals surface area (Å²) in [4.78, 5) is 13.7. The van der Waals surface area contributed by atoms with Gasteiger partial charge in [0.05, 0.1) is 23.4 Å². The number of aromatic amines is 1. The highest BCUT2D eigenvalue weighted by atomic mass is 19.4. The summed E-state index contributed by atoms with van der Waals surface area (Å²) in [5.74, 6) is -0.706. The van der Waals surface area contributed by atoms with Crippen LogP contribution in [0.15, 0.2) is 48.5 Å². The van der Waals surface area contributed by atoms with E-state index in [-0.39, 0.29) is 52.9 Å². The predicted octanol–water partition coefficient (Wildman–Crippen LogP) is 6.60. The average molecular weight is 636 g/mol. The molecule has 0 aliphatic carbocycles. The lowest BCUT2D eigenvalue weighted by atomic mass is 9.77. The number of tetrazole rings is 1. The lowest BCUT2D eigenvalue weighted by Gasteiger charge is -2.41. The summed E-state index contributed by atoms with van der Waals surface area (Å²) in [5.41, 5.74) is -2.29. The van der Waals surface area contributed by atoms with Crippen LogP contribution in [0.2, 0.25) is 0 Å². The van der Waals surface area contributed by atoms with Crippen LogP contribution in [0.3, 0.4) is 0 Å². The van der Waals surface area contributed by atoms with Crippen LogP contribution in [0.4, 0.5) is 26.3 Å². The molecule has 0 radical (unpaired) electrons. The third-order valence-corrected chi connectivity index (χ3v) is 7.57. The summed E-state index contributed by atoms with van der Waals surface area (Å²) >= 11 is 0. The third kappa shape index (κ3) is 6.81. The van der Waals surface area contributed by atoms with E-state index in [1.807, 2.05) is 19.9 Å². The highest BCUT2D eigenvalue weighted by Crippen LogP contribution is 2.50. The molecule has 0 spiro atoms. The van der Waals surface area contributed by atoms with Crippen molar-refractivity contribution in [3.05, 3.63) is 65.6 Å². The molecule has 0 bridgehead atoms. The molecule has 2 aromatic heterocycles. The van der Waals surface area contributed by atoms with E-state index in [0.29, 0.717) is 30.3 Å². The van der Waals surface area contributed by atoms with Crippen molar-refractivity contribution in [1.82, 2.24) is 35.7 Å². The number of carbonyl (C=O) groups is 1. The van der Waals surface area contributed by atoms with Crippen LogP contribution in [0.25, 0.3) is 22.0 Å². The molecule has 0 saturated carbocycles.